The van der Waals surface area contributed by atoms with E-state index in [1.165, 1.54) is 16.9 Å². The number of hydrogen-bond acceptors (Lipinski definition) is 2. The normalized spacial score (nSPS) is 14.3. The predicted octanol–water partition coefficient (Wildman–Crippen LogP) is 4.82. The third-order valence-electron chi connectivity index (χ3n) is 3.73. The van der Waals surface area contributed by atoms with E-state index in [2.05, 4.69) is 63.1 Å². The van der Waals surface area contributed by atoms with Crippen LogP contribution in [0.2, 0.25) is 5.02 Å². The summed E-state index contributed by atoms with van der Waals surface area (Å²) in [5.74, 6) is 0. The fraction of sp³-hybridized carbons (Fsp3) is 0.250. The van der Waals surface area contributed by atoms with E-state index >= 15 is 0 Å². The second-order valence-electron chi connectivity index (χ2n) is 4.94. The average molecular weight is 352 g/mol. The smallest absolute Gasteiger partial charge is 0.0649 e. The second-order valence-corrected chi connectivity index (χ2v) is 5.91. The summed E-state index contributed by atoms with van der Waals surface area (Å²) < 4.78 is 0. The highest BCUT2D eigenvalue weighted by Crippen LogP contribution is 2.41. The van der Waals surface area contributed by atoms with Crippen LogP contribution in [0.4, 0.5) is 17.1 Å². The van der Waals surface area contributed by atoms with Gasteiger partial charge in [0.1, 0.15) is 0 Å². The highest BCUT2D eigenvalue weighted by Gasteiger charge is 2.24. The average Bonchev–Trinajstić information content (AvgIpc) is 2.48. The van der Waals surface area contributed by atoms with Gasteiger partial charge in [-0.25, -0.2) is 0 Å². The predicted molar refractivity (Wildman–Crippen MR) is 90.8 cm³/mol. The highest BCUT2D eigenvalue weighted by atomic mass is 79.9. The third-order valence-corrected chi connectivity index (χ3v) is 4.64. The molecule has 0 spiro atoms. The molecule has 0 bridgehead atoms. The molecule has 0 aliphatic carbocycles. The molecule has 1 heterocycles. The number of hydrogen-bond donors (Lipinski definition) is 0. The van der Waals surface area contributed by atoms with Crippen LogP contribution in [0.15, 0.2) is 42.5 Å². The molecule has 0 saturated carbocycles. The minimum Gasteiger partial charge on any atom is -0.371 e. The van der Waals surface area contributed by atoms with E-state index in [9.17, 15) is 0 Å². The minimum atomic E-state index is 0.803. The van der Waals surface area contributed by atoms with Crippen LogP contribution in [-0.4, -0.2) is 20.1 Å². The summed E-state index contributed by atoms with van der Waals surface area (Å²) in [5, 5.41) is 1.61. The lowest BCUT2D eigenvalue weighted by Gasteiger charge is -2.38. The lowest BCUT2D eigenvalue weighted by molar-refractivity contribution is 0.820. The summed E-state index contributed by atoms with van der Waals surface area (Å²) in [7, 11) is 2.13. The monoisotopic (exact) mass is 350 g/mol. The number of alkyl halides is 1. The van der Waals surface area contributed by atoms with Crippen molar-refractivity contribution >= 4 is 44.6 Å². The van der Waals surface area contributed by atoms with E-state index in [0.29, 0.717) is 0 Å². The van der Waals surface area contributed by atoms with Crippen LogP contribution in [0.5, 0.6) is 0 Å². The van der Waals surface area contributed by atoms with Gasteiger partial charge in [-0.1, -0.05) is 51.8 Å². The molecule has 0 N–H and O–H groups in total. The Kier molecular flexibility index (Phi) is 3.90. The van der Waals surface area contributed by atoms with E-state index in [1.807, 2.05) is 12.1 Å². The van der Waals surface area contributed by atoms with Crippen molar-refractivity contribution in [3.63, 3.8) is 0 Å². The number of anilines is 3. The SMILES string of the molecule is CN1CCN(c2c(Cl)cccc2CBr)c2ccccc21. The Morgan fingerprint density at radius 2 is 1.80 bits per heavy atom. The molecule has 2 aromatic rings. The van der Waals surface area contributed by atoms with Gasteiger partial charge in [-0.15, -0.1) is 0 Å². The molecule has 0 saturated heterocycles. The quantitative estimate of drug-likeness (QED) is 0.716. The molecule has 0 aromatic heterocycles. The molecule has 0 amide bonds. The molecule has 20 heavy (non-hydrogen) atoms. The summed E-state index contributed by atoms with van der Waals surface area (Å²) in [6.07, 6.45) is 0. The molecule has 2 nitrogen and oxygen atoms in total. The number of benzene rings is 2. The van der Waals surface area contributed by atoms with Gasteiger partial charge in [0, 0.05) is 25.5 Å². The van der Waals surface area contributed by atoms with E-state index in [-0.39, 0.29) is 0 Å². The first-order chi connectivity index (χ1) is 9.72. The van der Waals surface area contributed by atoms with Gasteiger partial charge in [0.15, 0.2) is 0 Å². The van der Waals surface area contributed by atoms with Crippen molar-refractivity contribution in [2.75, 3.05) is 29.9 Å². The fourth-order valence-electron chi connectivity index (χ4n) is 2.71. The van der Waals surface area contributed by atoms with Gasteiger partial charge < -0.3 is 9.80 Å². The molecule has 3 rings (SSSR count). The molecule has 1 aliphatic rings. The molecule has 0 unspecified atom stereocenters. The van der Waals surface area contributed by atoms with Crippen molar-refractivity contribution in [2.24, 2.45) is 0 Å². The van der Waals surface area contributed by atoms with Crippen molar-refractivity contribution < 1.29 is 0 Å². The Bertz CT molecular complexity index is 630. The third kappa shape index (κ3) is 2.29. The summed E-state index contributed by atoms with van der Waals surface area (Å²) in [5.41, 5.74) is 4.80. The van der Waals surface area contributed by atoms with Gasteiger partial charge in [0.05, 0.1) is 22.1 Å². The Hall–Kier alpha value is -1.19. The van der Waals surface area contributed by atoms with Crippen molar-refractivity contribution in [1.29, 1.82) is 0 Å². The molecule has 104 valence electrons. The number of likely N-dealkylation sites (N-methyl/N-ethyl adjacent to an activating group) is 1. The number of nitrogens with zero attached hydrogens (tertiary/aromatic N) is 2. The number of halogens is 2. The van der Waals surface area contributed by atoms with Gasteiger partial charge in [0.25, 0.3) is 0 Å². The van der Waals surface area contributed by atoms with Crippen LogP contribution in [0.25, 0.3) is 0 Å². The standard InChI is InChI=1S/C16H16BrClN2/c1-19-9-10-20(15-8-3-2-7-14(15)19)16-12(11-17)5-4-6-13(16)18/h2-8H,9-11H2,1H3. The van der Waals surface area contributed by atoms with Gasteiger partial charge >= 0.3 is 0 Å². The lowest BCUT2D eigenvalue weighted by Crippen LogP contribution is -2.36. The zero-order chi connectivity index (χ0) is 14.1. The number of rotatable bonds is 2. The van der Waals surface area contributed by atoms with Crippen LogP contribution >= 0.6 is 27.5 Å². The summed E-state index contributed by atoms with van der Waals surface area (Å²) in [6.45, 7) is 1.93. The molecule has 1 aliphatic heterocycles. The molecular formula is C16H16BrClN2. The van der Waals surface area contributed by atoms with Crippen LogP contribution in [0.3, 0.4) is 0 Å². The Labute approximate surface area is 133 Å². The van der Waals surface area contributed by atoms with Crippen molar-refractivity contribution in [2.45, 2.75) is 5.33 Å². The topological polar surface area (TPSA) is 6.48 Å². The Morgan fingerprint density at radius 3 is 2.55 bits per heavy atom. The van der Waals surface area contributed by atoms with Crippen molar-refractivity contribution in [3.8, 4) is 0 Å². The van der Waals surface area contributed by atoms with E-state index < -0.39 is 0 Å². The first-order valence-corrected chi connectivity index (χ1v) is 8.13. The highest BCUT2D eigenvalue weighted by molar-refractivity contribution is 9.08. The molecular weight excluding hydrogens is 336 g/mol. The maximum atomic E-state index is 6.47. The van der Waals surface area contributed by atoms with Gasteiger partial charge in [-0.05, 0) is 23.8 Å². The first-order valence-electron chi connectivity index (χ1n) is 6.63. The number of fused-ring (bicyclic) bond motifs is 1. The Balaban J connectivity index is 2.15. The minimum absolute atomic E-state index is 0.803. The zero-order valence-electron chi connectivity index (χ0n) is 11.3. The summed E-state index contributed by atoms with van der Waals surface area (Å²) >= 11 is 10.0. The largest absolute Gasteiger partial charge is 0.371 e. The number of para-hydroxylation sites is 3. The fourth-order valence-corrected chi connectivity index (χ4v) is 3.46. The van der Waals surface area contributed by atoms with Gasteiger partial charge in [-0.2, -0.15) is 0 Å². The molecule has 2 aromatic carbocycles. The van der Waals surface area contributed by atoms with Crippen LogP contribution in [-0.2, 0) is 5.33 Å². The second kappa shape index (κ2) is 5.66. The van der Waals surface area contributed by atoms with E-state index in [4.69, 9.17) is 11.6 Å². The maximum absolute atomic E-state index is 6.47. The van der Waals surface area contributed by atoms with Crippen LogP contribution < -0.4 is 9.80 Å². The van der Waals surface area contributed by atoms with Gasteiger partial charge in [0.2, 0.25) is 0 Å². The molecule has 0 fully saturated rings. The molecule has 4 heteroatoms. The summed E-state index contributed by atoms with van der Waals surface area (Å²) in [4.78, 5) is 4.62. The van der Waals surface area contributed by atoms with Gasteiger partial charge in [-0.3, -0.25) is 0 Å². The molecule has 0 radical (unpaired) electrons. The maximum Gasteiger partial charge on any atom is 0.0649 e. The summed E-state index contributed by atoms with van der Waals surface area (Å²) in [6, 6.07) is 14.6. The molecule has 0 atom stereocenters. The van der Waals surface area contributed by atoms with E-state index in [0.717, 1.165) is 29.1 Å². The zero-order valence-corrected chi connectivity index (χ0v) is 13.7. The Morgan fingerprint density at radius 1 is 1.05 bits per heavy atom. The van der Waals surface area contributed by atoms with Crippen molar-refractivity contribution in [3.05, 3.63) is 53.1 Å². The first kappa shape index (κ1) is 13.8. The lowest BCUT2D eigenvalue weighted by atomic mass is 10.1. The van der Waals surface area contributed by atoms with Crippen LogP contribution in [0.1, 0.15) is 5.56 Å². The van der Waals surface area contributed by atoms with Crippen LogP contribution in [0, 0.1) is 0 Å². The van der Waals surface area contributed by atoms with E-state index in [1.54, 1.807) is 0 Å². The van der Waals surface area contributed by atoms with Crippen molar-refractivity contribution in [1.82, 2.24) is 0 Å².